The van der Waals surface area contributed by atoms with Crippen LogP contribution in [0.15, 0.2) is 48.5 Å². The fourth-order valence-corrected chi connectivity index (χ4v) is 4.98. The molecule has 0 radical (unpaired) electrons. The van der Waals surface area contributed by atoms with E-state index in [9.17, 15) is 9.90 Å². The number of carbonyl (C=O) groups is 1. The normalized spacial score (nSPS) is 20.2. The smallest absolute Gasteiger partial charge is 0.253 e. The third-order valence-corrected chi connectivity index (χ3v) is 6.80. The lowest BCUT2D eigenvalue weighted by Gasteiger charge is -2.36. The van der Waals surface area contributed by atoms with Crippen LogP contribution in [0.5, 0.6) is 0 Å². The molecule has 33 heavy (non-hydrogen) atoms. The number of rotatable bonds is 6. The first kappa shape index (κ1) is 23.8. The molecule has 2 aliphatic rings. The number of aliphatic hydroxyl groups is 1. The van der Waals surface area contributed by atoms with Gasteiger partial charge in [0.2, 0.25) is 0 Å². The van der Waals surface area contributed by atoms with E-state index in [1.807, 2.05) is 24.3 Å². The van der Waals surface area contributed by atoms with Gasteiger partial charge in [0.15, 0.2) is 0 Å². The van der Waals surface area contributed by atoms with Crippen LogP contribution in [0, 0.1) is 11.3 Å². The van der Waals surface area contributed by atoms with E-state index in [0.29, 0.717) is 30.5 Å². The van der Waals surface area contributed by atoms with Crippen molar-refractivity contribution in [1.82, 2.24) is 9.80 Å². The van der Waals surface area contributed by atoms with E-state index in [-0.39, 0.29) is 12.0 Å². The predicted octanol–water partition coefficient (Wildman–Crippen LogP) is 4.73. The van der Waals surface area contributed by atoms with Crippen LogP contribution in [0.25, 0.3) is 11.1 Å². The molecule has 2 aromatic carbocycles. The molecule has 0 aromatic heterocycles. The molecular formula is C28H39N3O2. The molecule has 2 fully saturated rings. The van der Waals surface area contributed by atoms with Gasteiger partial charge in [-0.05, 0) is 79.1 Å². The van der Waals surface area contributed by atoms with Crippen LogP contribution in [0.1, 0.15) is 50.4 Å². The minimum absolute atomic E-state index is 0.00175. The number of likely N-dealkylation sites (tertiary alicyclic amines) is 2. The number of hydrogen-bond acceptors (Lipinski definition) is 4. The first-order valence-corrected chi connectivity index (χ1v) is 12.4. The molecule has 5 heteroatoms. The number of hydrogen-bond donors (Lipinski definition) is 2. The number of nitrogens with one attached hydrogen (secondary N) is 1. The lowest BCUT2D eigenvalue weighted by atomic mass is 9.92. The van der Waals surface area contributed by atoms with Crippen molar-refractivity contribution in [2.75, 3.05) is 44.6 Å². The SMILES string of the molecule is CC(C)(C)CN1CCC(CNc2ccc(-c3ccc(C(=O)N4CC[C@H](O)C4)cc3)cc2)CC1. The highest BCUT2D eigenvalue weighted by Crippen LogP contribution is 2.25. The van der Waals surface area contributed by atoms with Gasteiger partial charge in [-0.2, -0.15) is 0 Å². The van der Waals surface area contributed by atoms with Gasteiger partial charge in [-0.25, -0.2) is 0 Å². The summed E-state index contributed by atoms with van der Waals surface area (Å²) in [6.07, 6.45) is 2.81. The lowest BCUT2D eigenvalue weighted by Crippen LogP contribution is -2.40. The Bertz CT molecular complexity index is 910. The van der Waals surface area contributed by atoms with Gasteiger partial charge in [0, 0.05) is 37.4 Å². The minimum atomic E-state index is -0.387. The summed E-state index contributed by atoms with van der Waals surface area (Å²) in [5.41, 5.74) is 4.47. The maximum Gasteiger partial charge on any atom is 0.253 e. The first-order valence-electron chi connectivity index (χ1n) is 12.4. The number of amides is 1. The fraction of sp³-hybridized carbons (Fsp3) is 0.536. The predicted molar refractivity (Wildman–Crippen MR) is 136 cm³/mol. The van der Waals surface area contributed by atoms with Gasteiger partial charge in [-0.3, -0.25) is 4.79 Å². The van der Waals surface area contributed by atoms with Crippen LogP contribution in [0.3, 0.4) is 0 Å². The molecule has 1 atom stereocenters. The van der Waals surface area contributed by atoms with Gasteiger partial charge in [-0.15, -0.1) is 0 Å². The highest BCUT2D eigenvalue weighted by molar-refractivity contribution is 5.95. The van der Waals surface area contributed by atoms with Crippen molar-refractivity contribution in [1.29, 1.82) is 0 Å². The highest BCUT2D eigenvalue weighted by Gasteiger charge is 2.25. The van der Waals surface area contributed by atoms with Crippen molar-refractivity contribution in [2.24, 2.45) is 11.3 Å². The van der Waals surface area contributed by atoms with E-state index in [4.69, 9.17) is 0 Å². The minimum Gasteiger partial charge on any atom is -0.391 e. The zero-order valence-corrected chi connectivity index (χ0v) is 20.4. The number of benzene rings is 2. The summed E-state index contributed by atoms with van der Waals surface area (Å²) in [6.45, 7) is 12.7. The van der Waals surface area contributed by atoms with Gasteiger partial charge >= 0.3 is 0 Å². The third-order valence-electron chi connectivity index (χ3n) is 6.80. The van der Waals surface area contributed by atoms with Crippen LogP contribution in [0.4, 0.5) is 5.69 Å². The van der Waals surface area contributed by atoms with Crippen molar-refractivity contribution in [3.8, 4) is 11.1 Å². The number of piperidine rings is 1. The Morgan fingerprint density at radius 3 is 2.09 bits per heavy atom. The maximum atomic E-state index is 12.6. The van der Waals surface area contributed by atoms with Crippen molar-refractivity contribution in [3.05, 3.63) is 54.1 Å². The molecule has 0 aliphatic carbocycles. The fourth-order valence-electron chi connectivity index (χ4n) is 4.98. The van der Waals surface area contributed by atoms with Crippen molar-refractivity contribution in [3.63, 3.8) is 0 Å². The molecule has 2 saturated heterocycles. The topological polar surface area (TPSA) is 55.8 Å². The lowest BCUT2D eigenvalue weighted by molar-refractivity contribution is 0.0765. The molecule has 0 saturated carbocycles. The average Bonchev–Trinajstić information content (AvgIpc) is 3.24. The Morgan fingerprint density at radius 2 is 1.55 bits per heavy atom. The van der Waals surface area contributed by atoms with Gasteiger partial charge < -0.3 is 20.2 Å². The summed E-state index contributed by atoms with van der Waals surface area (Å²) < 4.78 is 0. The Labute approximate surface area is 198 Å². The molecule has 2 N–H and O–H groups in total. The third kappa shape index (κ3) is 6.58. The molecule has 2 heterocycles. The zero-order chi connectivity index (χ0) is 23.4. The largest absolute Gasteiger partial charge is 0.391 e. The number of aliphatic hydroxyl groups excluding tert-OH is 1. The standard InChI is InChI=1S/C28H39N3O2/c1-28(2,3)20-30-15-12-21(13-16-30)18-29-25-10-8-23(9-11-25)22-4-6-24(7-5-22)27(33)31-17-14-26(32)19-31/h4-11,21,26,29,32H,12-20H2,1-3H3/t26-/m0/s1. The molecule has 0 spiro atoms. The molecule has 0 unspecified atom stereocenters. The first-order chi connectivity index (χ1) is 15.8. The quantitative estimate of drug-likeness (QED) is 0.669. The van der Waals surface area contributed by atoms with Crippen LogP contribution >= 0.6 is 0 Å². The number of nitrogens with zero attached hydrogens (tertiary/aromatic N) is 2. The number of anilines is 1. The molecule has 2 aromatic rings. The van der Waals surface area contributed by atoms with Gasteiger partial charge in [-0.1, -0.05) is 45.0 Å². The van der Waals surface area contributed by atoms with Crippen LogP contribution < -0.4 is 5.32 Å². The van der Waals surface area contributed by atoms with Crippen LogP contribution in [0.2, 0.25) is 0 Å². The average molecular weight is 450 g/mol. The zero-order valence-electron chi connectivity index (χ0n) is 20.4. The van der Waals surface area contributed by atoms with Crippen molar-refractivity contribution >= 4 is 11.6 Å². The van der Waals surface area contributed by atoms with Gasteiger partial charge in [0.25, 0.3) is 5.91 Å². The van der Waals surface area contributed by atoms with Gasteiger partial charge in [0.1, 0.15) is 0 Å². The van der Waals surface area contributed by atoms with E-state index < -0.39 is 0 Å². The number of β-amino-alcohol motifs (C(OH)–C–C–N with tert-alkyl or cyclic N) is 1. The highest BCUT2D eigenvalue weighted by atomic mass is 16.3. The summed E-state index contributed by atoms with van der Waals surface area (Å²) in [7, 11) is 0. The van der Waals surface area contributed by atoms with Crippen LogP contribution in [-0.4, -0.2) is 66.2 Å². The summed E-state index contributed by atoms with van der Waals surface area (Å²) in [4.78, 5) is 16.9. The van der Waals surface area contributed by atoms with E-state index in [1.165, 1.54) is 32.5 Å². The maximum absolute atomic E-state index is 12.6. The summed E-state index contributed by atoms with van der Waals surface area (Å²) in [5.74, 6) is 0.740. The Morgan fingerprint density at radius 1 is 0.939 bits per heavy atom. The van der Waals surface area contributed by atoms with E-state index in [2.05, 4.69) is 55.3 Å². The Hall–Kier alpha value is -2.37. The summed E-state index contributed by atoms with van der Waals surface area (Å²) >= 11 is 0. The molecule has 4 rings (SSSR count). The number of carbonyl (C=O) groups excluding carboxylic acids is 1. The van der Waals surface area contributed by atoms with E-state index in [1.54, 1.807) is 4.90 Å². The van der Waals surface area contributed by atoms with E-state index in [0.717, 1.165) is 29.3 Å². The molecule has 5 nitrogen and oxygen atoms in total. The van der Waals surface area contributed by atoms with E-state index >= 15 is 0 Å². The summed E-state index contributed by atoms with van der Waals surface area (Å²) in [5, 5.41) is 13.3. The molecule has 2 aliphatic heterocycles. The Kier molecular flexibility index (Phi) is 7.40. The molecule has 1 amide bonds. The monoisotopic (exact) mass is 449 g/mol. The molecule has 178 valence electrons. The Balaban J connectivity index is 1.26. The van der Waals surface area contributed by atoms with Crippen molar-refractivity contribution in [2.45, 2.75) is 46.1 Å². The second kappa shape index (κ2) is 10.3. The summed E-state index contributed by atoms with van der Waals surface area (Å²) in [6, 6.07) is 16.4. The van der Waals surface area contributed by atoms with Crippen molar-refractivity contribution < 1.29 is 9.90 Å². The molecule has 0 bridgehead atoms. The second-order valence-electron chi connectivity index (χ2n) is 11.0. The molecular weight excluding hydrogens is 410 g/mol. The van der Waals surface area contributed by atoms with Crippen LogP contribution in [-0.2, 0) is 0 Å². The second-order valence-corrected chi connectivity index (χ2v) is 11.0. The van der Waals surface area contributed by atoms with Gasteiger partial charge in [0.05, 0.1) is 6.10 Å².